The Morgan fingerprint density at radius 1 is 1.00 bits per heavy atom. The fourth-order valence-electron chi connectivity index (χ4n) is 3.89. The standard InChI is InChI=1S/C16H27N3/c1-2-4-7-14(6-3-1)12-18-15-8-5-9-16(15)19-11-10-17-13-19/h10-11,13-16,18H,1-9,12H2. The van der Waals surface area contributed by atoms with Gasteiger partial charge in [-0.15, -0.1) is 0 Å². The zero-order chi connectivity index (χ0) is 12.9. The van der Waals surface area contributed by atoms with Crippen molar-refractivity contribution in [2.75, 3.05) is 6.54 Å². The van der Waals surface area contributed by atoms with Crippen molar-refractivity contribution in [2.45, 2.75) is 69.9 Å². The van der Waals surface area contributed by atoms with Gasteiger partial charge in [0.2, 0.25) is 0 Å². The quantitative estimate of drug-likeness (QED) is 0.840. The molecule has 0 aromatic carbocycles. The van der Waals surface area contributed by atoms with E-state index >= 15 is 0 Å². The smallest absolute Gasteiger partial charge is 0.0949 e. The predicted molar refractivity (Wildman–Crippen MR) is 78.1 cm³/mol. The van der Waals surface area contributed by atoms with Crippen LogP contribution >= 0.6 is 0 Å². The topological polar surface area (TPSA) is 29.9 Å². The molecular weight excluding hydrogens is 234 g/mol. The summed E-state index contributed by atoms with van der Waals surface area (Å²) in [7, 11) is 0. The molecule has 2 aliphatic carbocycles. The van der Waals surface area contributed by atoms with E-state index < -0.39 is 0 Å². The van der Waals surface area contributed by atoms with Crippen LogP contribution in [0, 0.1) is 5.92 Å². The first-order valence-electron chi connectivity index (χ1n) is 8.14. The van der Waals surface area contributed by atoms with Gasteiger partial charge in [0.15, 0.2) is 0 Å². The zero-order valence-corrected chi connectivity index (χ0v) is 11.9. The van der Waals surface area contributed by atoms with E-state index in [1.807, 2.05) is 12.5 Å². The first-order valence-corrected chi connectivity index (χ1v) is 8.14. The average molecular weight is 261 g/mol. The maximum absolute atomic E-state index is 4.20. The Morgan fingerprint density at radius 3 is 2.58 bits per heavy atom. The lowest BCUT2D eigenvalue weighted by atomic mass is 9.99. The summed E-state index contributed by atoms with van der Waals surface area (Å²) in [5, 5.41) is 3.87. The van der Waals surface area contributed by atoms with Gasteiger partial charge in [0.25, 0.3) is 0 Å². The molecule has 0 amide bonds. The van der Waals surface area contributed by atoms with E-state index in [0.29, 0.717) is 12.1 Å². The molecule has 106 valence electrons. The van der Waals surface area contributed by atoms with E-state index in [0.717, 1.165) is 5.92 Å². The van der Waals surface area contributed by atoms with Crippen LogP contribution < -0.4 is 5.32 Å². The van der Waals surface area contributed by atoms with Crippen LogP contribution in [0.2, 0.25) is 0 Å². The molecule has 19 heavy (non-hydrogen) atoms. The number of nitrogens with one attached hydrogen (secondary N) is 1. The summed E-state index contributed by atoms with van der Waals surface area (Å²) in [5.74, 6) is 0.923. The van der Waals surface area contributed by atoms with Crippen LogP contribution in [0.3, 0.4) is 0 Å². The van der Waals surface area contributed by atoms with Crippen molar-refractivity contribution in [3.05, 3.63) is 18.7 Å². The Hall–Kier alpha value is -0.830. The molecule has 2 fully saturated rings. The second-order valence-electron chi connectivity index (χ2n) is 6.38. The van der Waals surface area contributed by atoms with Gasteiger partial charge in [-0.05, 0) is 44.6 Å². The molecule has 0 radical (unpaired) electrons. The van der Waals surface area contributed by atoms with Gasteiger partial charge in [-0.3, -0.25) is 0 Å². The van der Waals surface area contributed by atoms with Gasteiger partial charge in [0.1, 0.15) is 0 Å². The van der Waals surface area contributed by atoms with Gasteiger partial charge < -0.3 is 9.88 Å². The van der Waals surface area contributed by atoms with Crippen molar-refractivity contribution in [2.24, 2.45) is 5.92 Å². The summed E-state index contributed by atoms with van der Waals surface area (Å²) < 4.78 is 2.30. The van der Waals surface area contributed by atoms with Crippen molar-refractivity contribution in [3.63, 3.8) is 0 Å². The molecule has 2 aliphatic rings. The van der Waals surface area contributed by atoms with Crippen molar-refractivity contribution in [3.8, 4) is 0 Å². The number of aromatic nitrogens is 2. The Morgan fingerprint density at radius 2 is 1.84 bits per heavy atom. The SMILES string of the molecule is c1cn(C2CCCC2NCC2CCCCCC2)cn1. The summed E-state index contributed by atoms with van der Waals surface area (Å²) in [6.45, 7) is 1.23. The summed E-state index contributed by atoms with van der Waals surface area (Å²) >= 11 is 0. The lowest BCUT2D eigenvalue weighted by Gasteiger charge is -2.25. The molecule has 3 nitrogen and oxygen atoms in total. The monoisotopic (exact) mass is 261 g/mol. The minimum Gasteiger partial charge on any atom is -0.333 e. The molecule has 0 spiro atoms. The van der Waals surface area contributed by atoms with Crippen LogP contribution in [0.15, 0.2) is 18.7 Å². The van der Waals surface area contributed by atoms with Crippen molar-refractivity contribution < 1.29 is 0 Å². The number of imidazole rings is 1. The third kappa shape index (κ3) is 3.38. The molecule has 2 atom stereocenters. The molecule has 0 aliphatic heterocycles. The van der Waals surface area contributed by atoms with Gasteiger partial charge in [-0.25, -0.2) is 4.98 Å². The van der Waals surface area contributed by atoms with Gasteiger partial charge in [0.05, 0.1) is 6.33 Å². The maximum atomic E-state index is 4.20. The first-order chi connectivity index (χ1) is 9.43. The number of hydrogen-bond donors (Lipinski definition) is 1. The van der Waals surface area contributed by atoms with Crippen molar-refractivity contribution in [1.82, 2.24) is 14.9 Å². The minimum absolute atomic E-state index is 0.633. The average Bonchev–Trinajstić information content (AvgIpc) is 3.03. The minimum atomic E-state index is 0.633. The molecule has 1 N–H and O–H groups in total. The molecule has 2 saturated carbocycles. The summed E-state index contributed by atoms with van der Waals surface area (Å²) in [6, 6.07) is 1.30. The highest BCUT2D eigenvalue weighted by molar-refractivity contribution is 4.92. The second-order valence-corrected chi connectivity index (χ2v) is 6.38. The van der Waals surface area contributed by atoms with Crippen LogP contribution in [-0.2, 0) is 0 Å². The number of rotatable bonds is 4. The zero-order valence-electron chi connectivity index (χ0n) is 11.9. The molecule has 1 aromatic rings. The fraction of sp³-hybridized carbons (Fsp3) is 0.812. The van der Waals surface area contributed by atoms with E-state index in [1.165, 1.54) is 64.3 Å². The predicted octanol–water partition coefficient (Wildman–Crippen LogP) is 3.54. The first kappa shape index (κ1) is 13.2. The third-order valence-corrected chi connectivity index (χ3v) is 5.03. The van der Waals surface area contributed by atoms with Crippen LogP contribution in [0.4, 0.5) is 0 Å². The molecule has 0 saturated heterocycles. The molecule has 1 aromatic heterocycles. The van der Waals surface area contributed by atoms with E-state index in [-0.39, 0.29) is 0 Å². The maximum Gasteiger partial charge on any atom is 0.0949 e. The van der Waals surface area contributed by atoms with Gasteiger partial charge in [0, 0.05) is 24.5 Å². The molecule has 1 heterocycles. The third-order valence-electron chi connectivity index (χ3n) is 5.03. The normalized spacial score (nSPS) is 29.5. The van der Waals surface area contributed by atoms with E-state index in [4.69, 9.17) is 0 Å². The van der Waals surface area contributed by atoms with Gasteiger partial charge >= 0.3 is 0 Å². The fourth-order valence-corrected chi connectivity index (χ4v) is 3.89. The van der Waals surface area contributed by atoms with Gasteiger partial charge in [-0.2, -0.15) is 0 Å². The highest BCUT2D eigenvalue weighted by atomic mass is 15.1. The number of nitrogens with zero attached hydrogens (tertiary/aromatic N) is 2. The highest BCUT2D eigenvalue weighted by Gasteiger charge is 2.28. The Labute approximate surface area is 116 Å². The molecule has 2 unspecified atom stereocenters. The summed E-state index contributed by atoms with van der Waals surface area (Å²) in [6.07, 6.45) is 18.7. The summed E-state index contributed by atoms with van der Waals surface area (Å²) in [4.78, 5) is 4.20. The Kier molecular flexibility index (Phi) is 4.54. The largest absolute Gasteiger partial charge is 0.333 e. The van der Waals surface area contributed by atoms with Crippen molar-refractivity contribution in [1.29, 1.82) is 0 Å². The second kappa shape index (κ2) is 6.56. The van der Waals surface area contributed by atoms with Crippen LogP contribution in [0.5, 0.6) is 0 Å². The molecular formula is C16H27N3. The van der Waals surface area contributed by atoms with Crippen LogP contribution in [-0.4, -0.2) is 22.1 Å². The Balaban J connectivity index is 1.51. The molecule has 0 bridgehead atoms. The van der Waals surface area contributed by atoms with E-state index in [2.05, 4.69) is 21.1 Å². The van der Waals surface area contributed by atoms with E-state index in [1.54, 1.807) is 0 Å². The van der Waals surface area contributed by atoms with Gasteiger partial charge in [-0.1, -0.05) is 25.7 Å². The van der Waals surface area contributed by atoms with Crippen LogP contribution in [0.1, 0.15) is 63.8 Å². The lowest BCUT2D eigenvalue weighted by molar-refractivity contribution is 0.343. The van der Waals surface area contributed by atoms with E-state index in [9.17, 15) is 0 Å². The highest BCUT2D eigenvalue weighted by Crippen LogP contribution is 2.30. The molecule has 3 rings (SSSR count). The van der Waals surface area contributed by atoms with Crippen molar-refractivity contribution >= 4 is 0 Å². The lowest BCUT2D eigenvalue weighted by Crippen LogP contribution is -2.36. The summed E-state index contributed by atoms with van der Waals surface area (Å²) in [5.41, 5.74) is 0. The Bertz CT molecular complexity index is 352. The number of hydrogen-bond acceptors (Lipinski definition) is 2. The van der Waals surface area contributed by atoms with Crippen LogP contribution in [0.25, 0.3) is 0 Å². The molecule has 3 heteroatoms.